The molecule has 0 amide bonds. The second-order valence-electron chi connectivity index (χ2n) is 4.08. The lowest BCUT2D eigenvalue weighted by molar-refractivity contribution is 0.124. The van der Waals surface area contributed by atoms with Crippen LogP contribution in [0.15, 0.2) is 29.4 Å². The molecule has 0 fully saturated rings. The molecule has 22 heavy (non-hydrogen) atoms. The lowest BCUT2D eigenvalue weighted by Crippen LogP contribution is -2.07. The fraction of sp³-hybridized carbons (Fsp3) is 0.0714. The summed E-state index contributed by atoms with van der Waals surface area (Å²) in [5, 5.41) is 3.73. The second kappa shape index (κ2) is 6.74. The summed E-state index contributed by atoms with van der Waals surface area (Å²) in [6.07, 6.45) is 1.15. The van der Waals surface area contributed by atoms with E-state index in [1.54, 1.807) is 24.3 Å². The average Bonchev–Trinajstić information content (AvgIpc) is 2.52. The first kappa shape index (κ1) is 16.2. The van der Waals surface area contributed by atoms with E-state index in [0.29, 0.717) is 10.6 Å². The Labute approximate surface area is 126 Å². The maximum absolute atomic E-state index is 13.3. The monoisotopic (exact) mass is 335 g/mol. The average molecular weight is 336 g/mol. The number of benzene rings is 2. The van der Waals surface area contributed by atoms with E-state index < -0.39 is 41.3 Å². The molecule has 8 heteroatoms. The van der Waals surface area contributed by atoms with E-state index in [0.717, 1.165) is 6.21 Å². The van der Waals surface area contributed by atoms with Gasteiger partial charge in [-0.05, 0) is 6.07 Å². The smallest absolute Gasteiger partial charge is 0.200 e. The third-order valence-electron chi connectivity index (χ3n) is 2.68. The minimum Gasteiger partial charge on any atom is -0.391 e. The topological polar surface area (TPSA) is 21.6 Å². The van der Waals surface area contributed by atoms with Crippen molar-refractivity contribution in [1.29, 1.82) is 0 Å². The molecule has 2 nitrogen and oxygen atoms in total. The number of hydrogen-bond acceptors (Lipinski definition) is 2. The zero-order valence-corrected chi connectivity index (χ0v) is 11.5. The molecule has 0 saturated carbocycles. The van der Waals surface area contributed by atoms with Gasteiger partial charge < -0.3 is 4.84 Å². The first-order valence-electron chi connectivity index (χ1n) is 5.83. The maximum Gasteiger partial charge on any atom is 0.200 e. The first-order chi connectivity index (χ1) is 10.4. The third-order valence-corrected chi connectivity index (χ3v) is 3.03. The van der Waals surface area contributed by atoms with Crippen LogP contribution in [0.1, 0.15) is 11.1 Å². The Morgan fingerprint density at radius 3 is 2.05 bits per heavy atom. The molecule has 0 aliphatic carbocycles. The van der Waals surface area contributed by atoms with Crippen LogP contribution in [-0.4, -0.2) is 6.21 Å². The van der Waals surface area contributed by atoms with Gasteiger partial charge in [-0.1, -0.05) is 35.0 Å². The molecule has 0 bridgehead atoms. The van der Waals surface area contributed by atoms with Gasteiger partial charge in [-0.15, -0.1) is 0 Å². The van der Waals surface area contributed by atoms with Gasteiger partial charge >= 0.3 is 0 Å². The van der Waals surface area contributed by atoms with Crippen molar-refractivity contribution in [2.24, 2.45) is 5.16 Å². The molecule has 0 heterocycles. The maximum atomic E-state index is 13.3. The Bertz CT molecular complexity index is 706. The Hall–Kier alpha value is -2.15. The van der Waals surface area contributed by atoms with Crippen molar-refractivity contribution >= 4 is 17.8 Å². The summed E-state index contributed by atoms with van der Waals surface area (Å²) >= 11 is 5.82. The van der Waals surface area contributed by atoms with Crippen LogP contribution in [-0.2, 0) is 11.4 Å². The van der Waals surface area contributed by atoms with Gasteiger partial charge in [0.15, 0.2) is 23.3 Å². The zero-order valence-electron chi connectivity index (χ0n) is 10.7. The van der Waals surface area contributed by atoms with Gasteiger partial charge in [0.25, 0.3) is 0 Å². The predicted octanol–water partition coefficient (Wildman–Crippen LogP) is 4.59. The Morgan fingerprint density at radius 2 is 1.45 bits per heavy atom. The number of hydrogen-bond donors (Lipinski definition) is 0. The van der Waals surface area contributed by atoms with Crippen LogP contribution >= 0.6 is 11.6 Å². The fourth-order valence-corrected chi connectivity index (χ4v) is 1.74. The van der Waals surface area contributed by atoms with Crippen LogP contribution in [0, 0.1) is 29.1 Å². The van der Waals surface area contributed by atoms with E-state index in [1.807, 2.05) is 0 Å². The van der Waals surface area contributed by atoms with E-state index in [1.165, 1.54) is 0 Å². The molecule has 0 N–H and O–H groups in total. The third kappa shape index (κ3) is 3.19. The molecule has 0 spiro atoms. The number of rotatable bonds is 4. The second-order valence-corrected chi connectivity index (χ2v) is 4.49. The Balaban J connectivity index is 2.15. The number of nitrogens with zero attached hydrogens (tertiary/aromatic N) is 1. The van der Waals surface area contributed by atoms with Crippen molar-refractivity contribution < 1.29 is 26.8 Å². The highest BCUT2D eigenvalue weighted by atomic mass is 35.5. The van der Waals surface area contributed by atoms with E-state index in [2.05, 4.69) is 9.99 Å². The van der Waals surface area contributed by atoms with E-state index >= 15 is 0 Å². The molecular formula is C14H7ClF5NO. The summed E-state index contributed by atoms with van der Waals surface area (Å²) < 4.78 is 65.4. The SMILES string of the molecule is Fc1c(F)c(F)c(CON=Cc2ccccc2Cl)c(F)c1F. The summed E-state index contributed by atoms with van der Waals surface area (Å²) in [5.74, 6) is -10.2. The van der Waals surface area contributed by atoms with E-state index in [-0.39, 0.29) is 0 Å². The largest absolute Gasteiger partial charge is 0.391 e. The van der Waals surface area contributed by atoms with Crippen molar-refractivity contribution in [3.8, 4) is 0 Å². The van der Waals surface area contributed by atoms with Gasteiger partial charge in [0.1, 0.15) is 6.61 Å². The summed E-state index contributed by atoms with van der Waals surface area (Å²) in [5.41, 5.74) is -0.644. The fourth-order valence-electron chi connectivity index (χ4n) is 1.55. The molecule has 0 unspecified atom stereocenters. The highest BCUT2D eigenvalue weighted by molar-refractivity contribution is 6.33. The predicted molar refractivity (Wildman–Crippen MR) is 70.1 cm³/mol. The minimum atomic E-state index is -2.22. The van der Waals surface area contributed by atoms with Crippen LogP contribution in [0.5, 0.6) is 0 Å². The molecule has 0 aromatic heterocycles. The lowest BCUT2D eigenvalue weighted by atomic mass is 10.2. The molecule has 0 aliphatic rings. The van der Waals surface area contributed by atoms with Crippen LogP contribution < -0.4 is 0 Å². The van der Waals surface area contributed by atoms with Gasteiger partial charge in [-0.25, -0.2) is 22.0 Å². The molecule has 116 valence electrons. The molecular weight excluding hydrogens is 329 g/mol. The van der Waals surface area contributed by atoms with E-state index in [9.17, 15) is 22.0 Å². The van der Waals surface area contributed by atoms with Crippen molar-refractivity contribution in [3.05, 3.63) is 69.5 Å². The summed E-state index contributed by atoms with van der Waals surface area (Å²) in [4.78, 5) is 4.57. The molecule has 2 rings (SSSR count). The molecule has 2 aromatic rings. The lowest BCUT2D eigenvalue weighted by Gasteiger charge is -2.06. The summed E-state index contributed by atoms with van der Waals surface area (Å²) in [6.45, 7) is -0.924. The van der Waals surface area contributed by atoms with E-state index in [4.69, 9.17) is 11.6 Å². The van der Waals surface area contributed by atoms with Crippen molar-refractivity contribution in [1.82, 2.24) is 0 Å². The van der Waals surface area contributed by atoms with Crippen molar-refractivity contribution in [2.75, 3.05) is 0 Å². The van der Waals surface area contributed by atoms with Gasteiger partial charge in [0, 0.05) is 10.6 Å². The van der Waals surface area contributed by atoms with Crippen LogP contribution in [0.3, 0.4) is 0 Å². The van der Waals surface area contributed by atoms with Crippen LogP contribution in [0.4, 0.5) is 22.0 Å². The Kier molecular flexibility index (Phi) is 4.97. The molecule has 2 aromatic carbocycles. The van der Waals surface area contributed by atoms with Crippen molar-refractivity contribution in [3.63, 3.8) is 0 Å². The Morgan fingerprint density at radius 1 is 0.909 bits per heavy atom. The summed E-state index contributed by atoms with van der Waals surface area (Å²) in [7, 11) is 0. The van der Waals surface area contributed by atoms with Gasteiger partial charge in [-0.3, -0.25) is 0 Å². The van der Waals surface area contributed by atoms with Crippen LogP contribution in [0.2, 0.25) is 5.02 Å². The summed E-state index contributed by atoms with van der Waals surface area (Å²) in [6, 6.07) is 6.51. The molecule has 0 aliphatic heterocycles. The zero-order chi connectivity index (χ0) is 16.3. The molecule has 0 radical (unpaired) electrons. The standard InChI is InChI=1S/C14H7ClF5NO/c15-9-4-2-1-3-7(9)5-21-22-6-8-10(16)12(18)14(20)13(19)11(8)17/h1-5H,6H2. The highest BCUT2D eigenvalue weighted by Gasteiger charge is 2.25. The van der Waals surface area contributed by atoms with Gasteiger partial charge in [0.05, 0.1) is 11.8 Å². The molecule has 0 atom stereocenters. The van der Waals surface area contributed by atoms with Crippen molar-refractivity contribution in [2.45, 2.75) is 6.61 Å². The first-order valence-corrected chi connectivity index (χ1v) is 6.21. The van der Waals surface area contributed by atoms with Gasteiger partial charge in [-0.2, -0.15) is 0 Å². The highest BCUT2D eigenvalue weighted by Crippen LogP contribution is 2.23. The molecule has 0 saturated heterocycles. The quantitative estimate of drug-likeness (QED) is 0.263. The number of halogens is 6. The normalized spacial score (nSPS) is 11.2. The number of oxime groups is 1. The van der Waals surface area contributed by atoms with Crippen LogP contribution in [0.25, 0.3) is 0 Å². The van der Waals surface area contributed by atoms with Gasteiger partial charge in [0.2, 0.25) is 5.82 Å². The minimum absolute atomic E-state index is 0.353.